The summed E-state index contributed by atoms with van der Waals surface area (Å²) >= 11 is 3.13. The molecule has 86 valence electrons. The van der Waals surface area contributed by atoms with Crippen LogP contribution in [0.2, 0.25) is 0 Å². The van der Waals surface area contributed by atoms with Gasteiger partial charge < -0.3 is 10.3 Å². The van der Waals surface area contributed by atoms with Crippen LogP contribution in [0.15, 0.2) is 4.52 Å². The van der Waals surface area contributed by atoms with Gasteiger partial charge >= 0.3 is 0 Å². The van der Waals surface area contributed by atoms with Crippen LogP contribution in [0.1, 0.15) is 18.4 Å². The molecule has 0 atom stereocenters. The maximum atomic E-state index is 5.62. The van der Waals surface area contributed by atoms with Gasteiger partial charge in [-0.2, -0.15) is 16.7 Å². The molecule has 0 bridgehead atoms. The third-order valence-corrected chi connectivity index (χ3v) is 3.76. The summed E-state index contributed by atoms with van der Waals surface area (Å²) < 4.78 is 5.18. The number of aromatic nitrogens is 3. The lowest BCUT2D eigenvalue weighted by atomic mass is 10.4. The van der Waals surface area contributed by atoms with Gasteiger partial charge in [0.2, 0.25) is 0 Å². The molecule has 0 saturated carbocycles. The maximum Gasteiger partial charge on any atom is 0.270 e. The van der Waals surface area contributed by atoms with E-state index in [2.05, 4.69) is 22.0 Å². The van der Waals surface area contributed by atoms with Crippen molar-refractivity contribution < 1.29 is 4.52 Å². The minimum Gasteiger partial charge on any atom is -0.375 e. The minimum absolute atomic E-state index is 0.512. The topological polar surface area (TPSA) is 77.8 Å². The van der Waals surface area contributed by atoms with Crippen molar-refractivity contribution in [1.29, 1.82) is 0 Å². The third kappa shape index (κ3) is 2.35. The molecule has 0 radical (unpaired) electrons. The molecule has 0 aliphatic carbocycles. The van der Waals surface area contributed by atoms with Gasteiger partial charge in [-0.15, -0.1) is 0 Å². The predicted molar refractivity (Wildman–Crippen MR) is 66.4 cm³/mol. The van der Waals surface area contributed by atoms with Crippen molar-refractivity contribution in [3.05, 3.63) is 11.5 Å². The highest BCUT2D eigenvalue weighted by Crippen LogP contribution is 2.30. The van der Waals surface area contributed by atoms with Crippen molar-refractivity contribution in [1.82, 2.24) is 15.1 Å². The van der Waals surface area contributed by atoms with Gasteiger partial charge in [0.15, 0.2) is 11.0 Å². The van der Waals surface area contributed by atoms with E-state index in [9.17, 15) is 0 Å². The molecule has 0 unspecified atom stereocenters. The van der Waals surface area contributed by atoms with E-state index in [-0.39, 0.29) is 0 Å². The number of nitrogens with two attached hydrogens (primary N) is 1. The van der Waals surface area contributed by atoms with Crippen molar-refractivity contribution in [2.45, 2.75) is 19.6 Å². The molecular weight excluding hydrogens is 244 g/mol. The Morgan fingerprint density at radius 2 is 2.25 bits per heavy atom. The molecule has 0 aromatic carbocycles. The summed E-state index contributed by atoms with van der Waals surface area (Å²) in [5.41, 5.74) is 6.45. The summed E-state index contributed by atoms with van der Waals surface area (Å²) in [4.78, 5) is 9.29. The van der Waals surface area contributed by atoms with Crippen LogP contribution in [-0.4, -0.2) is 20.9 Å². The first kappa shape index (κ1) is 11.4. The van der Waals surface area contributed by atoms with Gasteiger partial charge in [-0.05, 0) is 12.7 Å². The van der Waals surface area contributed by atoms with Crippen molar-refractivity contribution >= 4 is 28.2 Å². The number of thiazole rings is 1. The molecule has 0 aliphatic rings. The Balaban J connectivity index is 2.21. The SMILES string of the molecule is CCSCc1noc(-c2sc(N)nc2C)n1. The minimum atomic E-state index is 0.512. The molecule has 0 amide bonds. The Bertz CT molecular complexity index is 480. The van der Waals surface area contributed by atoms with Gasteiger partial charge in [-0.1, -0.05) is 23.4 Å². The Morgan fingerprint density at radius 3 is 2.88 bits per heavy atom. The standard InChI is InChI=1S/C9H12N4OS2/c1-3-15-4-6-12-8(14-13-6)7-5(2)11-9(10)16-7/h3-4H2,1-2H3,(H2,10,11). The number of aryl methyl sites for hydroxylation is 1. The maximum absolute atomic E-state index is 5.62. The first-order valence-corrected chi connectivity index (χ1v) is 6.81. The summed E-state index contributed by atoms with van der Waals surface area (Å²) in [6, 6.07) is 0. The largest absolute Gasteiger partial charge is 0.375 e. The van der Waals surface area contributed by atoms with Crippen LogP contribution in [0.3, 0.4) is 0 Å². The molecule has 2 rings (SSSR count). The average Bonchev–Trinajstić information content (AvgIpc) is 2.82. The highest BCUT2D eigenvalue weighted by atomic mass is 32.2. The van der Waals surface area contributed by atoms with Crippen LogP contribution in [-0.2, 0) is 5.75 Å². The highest BCUT2D eigenvalue weighted by molar-refractivity contribution is 7.98. The fourth-order valence-corrected chi connectivity index (χ4v) is 2.47. The number of thioether (sulfide) groups is 1. The van der Waals surface area contributed by atoms with Crippen LogP contribution >= 0.6 is 23.1 Å². The first-order chi connectivity index (χ1) is 7.70. The number of nitrogens with zero attached hydrogens (tertiary/aromatic N) is 3. The van der Waals surface area contributed by atoms with E-state index in [1.165, 1.54) is 11.3 Å². The van der Waals surface area contributed by atoms with Gasteiger partial charge in [-0.3, -0.25) is 0 Å². The number of hydrogen-bond acceptors (Lipinski definition) is 7. The monoisotopic (exact) mass is 256 g/mol. The van der Waals surface area contributed by atoms with E-state index in [1.54, 1.807) is 11.8 Å². The molecule has 0 aliphatic heterocycles. The van der Waals surface area contributed by atoms with E-state index in [4.69, 9.17) is 10.3 Å². The average molecular weight is 256 g/mol. The molecule has 0 fully saturated rings. The summed E-state index contributed by atoms with van der Waals surface area (Å²) in [6.45, 7) is 3.98. The smallest absolute Gasteiger partial charge is 0.270 e. The Kier molecular flexibility index (Phi) is 3.45. The van der Waals surface area contributed by atoms with Gasteiger partial charge in [0.25, 0.3) is 5.89 Å². The zero-order chi connectivity index (χ0) is 11.5. The van der Waals surface area contributed by atoms with Gasteiger partial charge in [0.05, 0.1) is 11.4 Å². The lowest BCUT2D eigenvalue weighted by molar-refractivity contribution is 0.425. The zero-order valence-electron chi connectivity index (χ0n) is 9.06. The van der Waals surface area contributed by atoms with Crippen LogP contribution in [0.25, 0.3) is 10.8 Å². The van der Waals surface area contributed by atoms with E-state index >= 15 is 0 Å². The van der Waals surface area contributed by atoms with E-state index < -0.39 is 0 Å². The van der Waals surface area contributed by atoms with Crippen LogP contribution < -0.4 is 5.73 Å². The quantitative estimate of drug-likeness (QED) is 0.904. The lowest BCUT2D eigenvalue weighted by Gasteiger charge is -1.89. The number of anilines is 1. The number of hydrogen-bond donors (Lipinski definition) is 1. The second-order valence-corrected chi connectivity index (χ2v) is 5.42. The second kappa shape index (κ2) is 4.84. The Hall–Kier alpha value is -1.08. The van der Waals surface area contributed by atoms with Crippen LogP contribution in [0.4, 0.5) is 5.13 Å². The van der Waals surface area contributed by atoms with Gasteiger partial charge in [0, 0.05) is 0 Å². The lowest BCUT2D eigenvalue weighted by Crippen LogP contribution is -1.84. The normalized spacial score (nSPS) is 10.9. The second-order valence-electron chi connectivity index (χ2n) is 3.12. The molecule has 2 aromatic heterocycles. The molecule has 2 N–H and O–H groups in total. The molecule has 7 heteroatoms. The molecule has 2 aromatic rings. The van der Waals surface area contributed by atoms with Crippen molar-refractivity contribution in [2.75, 3.05) is 11.5 Å². The predicted octanol–water partition coefficient (Wildman–Crippen LogP) is 2.34. The molecule has 2 heterocycles. The van der Waals surface area contributed by atoms with E-state index in [0.717, 1.165) is 22.1 Å². The van der Waals surface area contributed by atoms with Crippen LogP contribution in [0.5, 0.6) is 0 Å². The van der Waals surface area contributed by atoms with Crippen LogP contribution in [0, 0.1) is 6.92 Å². The van der Waals surface area contributed by atoms with Gasteiger partial charge in [-0.25, -0.2) is 4.98 Å². The molecule has 0 saturated heterocycles. The highest BCUT2D eigenvalue weighted by Gasteiger charge is 2.15. The van der Waals surface area contributed by atoms with Crippen molar-refractivity contribution in [2.24, 2.45) is 0 Å². The molecule has 16 heavy (non-hydrogen) atoms. The fraction of sp³-hybridized carbons (Fsp3) is 0.444. The van der Waals surface area contributed by atoms with E-state index in [0.29, 0.717) is 16.8 Å². The van der Waals surface area contributed by atoms with Crippen molar-refractivity contribution in [3.8, 4) is 10.8 Å². The molecule has 5 nitrogen and oxygen atoms in total. The fourth-order valence-electron chi connectivity index (χ4n) is 1.21. The Morgan fingerprint density at radius 1 is 1.44 bits per heavy atom. The van der Waals surface area contributed by atoms with E-state index in [1.807, 2.05) is 6.92 Å². The van der Waals surface area contributed by atoms with Crippen molar-refractivity contribution in [3.63, 3.8) is 0 Å². The zero-order valence-corrected chi connectivity index (χ0v) is 10.7. The summed E-state index contributed by atoms with van der Waals surface area (Å²) in [5.74, 6) is 3.04. The first-order valence-electron chi connectivity index (χ1n) is 4.84. The molecule has 0 spiro atoms. The summed E-state index contributed by atoms with van der Waals surface area (Å²) in [6.07, 6.45) is 0. The summed E-state index contributed by atoms with van der Waals surface area (Å²) in [5, 5.41) is 4.43. The number of nitrogen functional groups attached to an aromatic ring is 1. The third-order valence-electron chi connectivity index (χ3n) is 1.91. The molecular formula is C9H12N4OS2. The summed E-state index contributed by atoms with van der Waals surface area (Å²) in [7, 11) is 0. The van der Waals surface area contributed by atoms with Gasteiger partial charge in [0.1, 0.15) is 4.88 Å². The number of rotatable bonds is 4. The Labute approximate surface area is 101 Å².